The Bertz CT molecular complexity index is 1300. The molecule has 0 fully saturated rings. The third-order valence-corrected chi connectivity index (χ3v) is 7.68. The largest absolute Gasteiger partial charge is 0.294 e. The number of carbonyl (C=O) groups excluding carboxylic acids is 1. The number of nitrogens with zero attached hydrogens (tertiary/aromatic N) is 3. The lowest BCUT2D eigenvalue weighted by atomic mass is 10.2. The highest BCUT2D eigenvalue weighted by molar-refractivity contribution is 8.17. The van der Waals surface area contributed by atoms with E-state index in [1.54, 1.807) is 11.3 Å². The van der Waals surface area contributed by atoms with Crippen LogP contribution in [0.5, 0.6) is 0 Å². The molecule has 152 valence electrons. The zero-order valence-electron chi connectivity index (χ0n) is 16.3. The van der Waals surface area contributed by atoms with E-state index in [0.717, 1.165) is 36.7 Å². The molecular weight excluding hydrogens is 442 g/mol. The second-order valence-corrected chi connectivity index (χ2v) is 9.97. The van der Waals surface area contributed by atoms with Gasteiger partial charge in [0.15, 0.2) is 9.50 Å². The molecule has 2 heterocycles. The fourth-order valence-corrected chi connectivity index (χ4v) is 6.00. The highest BCUT2D eigenvalue weighted by Crippen LogP contribution is 2.32. The molecule has 0 N–H and O–H groups in total. The minimum atomic E-state index is 0.0629. The molecule has 0 unspecified atom stereocenters. The summed E-state index contributed by atoms with van der Waals surface area (Å²) in [7, 11) is 0. The maximum Gasteiger partial charge on any atom is 0.206 e. The van der Waals surface area contributed by atoms with Crippen LogP contribution in [0.15, 0.2) is 101 Å². The van der Waals surface area contributed by atoms with Crippen molar-refractivity contribution in [3.8, 4) is 16.9 Å². The minimum absolute atomic E-state index is 0.0629. The van der Waals surface area contributed by atoms with E-state index in [-0.39, 0.29) is 5.12 Å². The van der Waals surface area contributed by atoms with Crippen molar-refractivity contribution in [2.45, 2.75) is 9.50 Å². The second-order valence-electron chi connectivity index (χ2n) is 6.69. The first-order valence-corrected chi connectivity index (χ1v) is 12.3. The zero-order valence-corrected chi connectivity index (χ0v) is 18.8. The molecule has 0 spiro atoms. The Hall–Kier alpha value is -2.87. The number of thioether (sulfide) groups is 2. The number of benzene rings is 3. The summed E-state index contributed by atoms with van der Waals surface area (Å²) in [4.78, 5) is 22.0. The summed E-state index contributed by atoms with van der Waals surface area (Å²) >= 11 is 4.20. The van der Waals surface area contributed by atoms with Gasteiger partial charge < -0.3 is 0 Å². The predicted octanol–water partition coefficient (Wildman–Crippen LogP) is 6.56. The Morgan fingerprint density at radius 2 is 1.58 bits per heavy atom. The van der Waals surface area contributed by atoms with Crippen molar-refractivity contribution in [2.24, 2.45) is 0 Å². The molecule has 31 heavy (non-hydrogen) atoms. The number of hydrogen-bond donors (Lipinski definition) is 0. The first-order valence-electron chi connectivity index (χ1n) is 9.65. The Kier molecular flexibility index (Phi) is 5.88. The third-order valence-electron chi connectivity index (χ3n) is 4.57. The zero-order chi connectivity index (χ0) is 21.0. The molecule has 7 heteroatoms. The molecule has 5 rings (SSSR count). The number of imidazole rings is 1. The Morgan fingerprint density at radius 1 is 0.871 bits per heavy atom. The van der Waals surface area contributed by atoms with Gasteiger partial charge in [0.05, 0.1) is 21.7 Å². The van der Waals surface area contributed by atoms with Gasteiger partial charge in [-0.25, -0.2) is 9.97 Å². The van der Waals surface area contributed by atoms with Crippen molar-refractivity contribution in [1.82, 2.24) is 14.5 Å². The number of thiazole rings is 1. The smallest absolute Gasteiger partial charge is 0.206 e. The van der Waals surface area contributed by atoms with Crippen molar-refractivity contribution < 1.29 is 4.79 Å². The molecule has 0 saturated heterocycles. The van der Waals surface area contributed by atoms with Crippen LogP contribution in [0.4, 0.5) is 0 Å². The lowest BCUT2D eigenvalue weighted by molar-refractivity contribution is -0.108. The highest BCUT2D eigenvalue weighted by Gasteiger charge is 2.15. The second kappa shape index (κ2) is 9.09. The number of carbonyl (C=O) groups is 1. The van der Waals surface area contributed by atoms with Crippen molar-refractivity contribution in [3.05, 3.63) is 91.1 Å². The molecule has 0 amide bonds. The number of rotatable bonds is 6. The average Bonchev–Trinajstić information content (AvgIpc) is 3.42. The summed E-state index contributed by atoms with van der Waals surface area (Å²) in [5.74, 6) is 0.318. The van der Waals surface area contributed by atoms with Crippen LogP contribution in [0.1, 0.15) is 0 Å². The maximum absolute atomic E-state index is 12.7. The van der Waals surface area contributed by atoms with E-state index in [4.69, 9.17) is 4.98 Å². The van der Waals surface area contributed by atoms with Crippen LogP contribution in [0, 0.1) is 0 Å². The summed E-state index contributed by atoms with van der Waals surface area (Å²) in [6, 6.07) is 28.1. The van der Waals surface area contributed by atoms with Gasteiger partial charge in [-0.05, 0) is 36.0 Å². The van der Waals surface area contributed by atoms with E-state index in [9.17, 15) is 4.79 Å². The summed E-state index contributed by atoms with van der Waals surface area (Å²) in [5, 5.41) is 0.858. The normalized spacial score (nSPS) is 11.1. The SMILES string of the molecule is O=C(CSc1nc(-c2ccccc2)cn1-c1ccccc1)Sc1nc2ccccc2s1. The molecule has 2 aromatic heterocycles. The molecule has 4 nitrogen and oxygen atoms in total. The van der Waals surface area contributed by atoms with E-state index in [1.807, 2.05) is 95.7 Å². The standard InChI is InChI=1S/C24H17N3OS3/c28-22(31-24-26-19-13-7-8-14-21(19)30-24)16-29-23-25-20(17-9-3-1-4-10-17)15-27(23)18-11-5-2-6-12-18/h1-15H,16H2. The Balaban J connectivity index is 1.36. The van der Waals surface area contributed by atoms with E-state index in [0.29, 0.717) is 5.75 Å². The quantitative estimate of drug-likeness (QED) is 0.269. The summed E-state index contributed by atoms with van der Waals surface area (Å²) < 4.78 is 3.92. The monoisotopic (exact) mass is 459 g/mol. The van der Waals surface area contributed by atoms with Gasteiger partial charge in [0.2, 0.25) is 5.12 Å². The van der Waals surface area contributed by atoms with Gasteiger partial charge in [-0.15, -0.1) is 11.3 Å². The van der Waals surface area contributed by atoms with Gasteiger partial charge >= 0.3 is 0 Å². The molecule has 0 atom stereocenters. The molecular formula is C24H17N3OS3. The molecule has 0 aliphatic rings. The van der Waals surface area contributed by atoms with Gasteiger partial charge in [-0.2, -0.15) is 0 Å². The van der Waals surface area contributed by atoms with Crippen LogP contribution >= 0.6 is 34.9 Å². The summed E-state index contributed by atoms with van der Waals surface area (Å²) in [5.41, 5.74) is 3.89. The van der Waals surface area contributed by atoms with Crippen LogP contribution in [0.25, 0.3) is 27.2 Å². The number of para-hydroxylation sites is 2. The summed E-state index contributed by atoms with van der Waals surface area (Å²) in [6.45, 7) is 0. The van der Waals surface area contributed by atoms with Crippen LogP contribution in [0.3, 0.4) is 0 Å². The van der Waals surface area contributed by atoms with E-state index < -0.39 is 0 Å². The fraction of sp³-hybridized carbons (Fsp3) is 0.0417. The van der Waals surface area contributed by atoms with Gasteiger partial charge in [0.1, 0.15) is 0 Å². The van der Waals surface area contributed by atoms with Crippen LogP contribution < -0.4 is 0 Å². The number of fused-ring (bicyclic) bond motifs is 1. The predicted molar refractivity (Wildman–Crippen MR) is 130 cm³/mol. The van der Waals surface area contributed by atoms with Gasteiger partial charge in [-0.1, -0.05) is 72.4 Å². The Morgan fingerprint density at radius 3 is 2.35 bits per heavy atom. The van der Waals surface area contributed by atoms with E-state index in [2.05, 4.69) is 4.98 Å². The van der Waals surface area contributed by atoms with Crippen LogP contribution in [0.2, 0.25) is 0 Å². The molecule has 0 aliphatic heterocycles. The molecule has 0 bridgehead atoms. The van der Waals surface area contributed by atoms with E-state index in [1.165, 1.54) is 23.5 Å². The van der Waals surface area contributed by atoms with Crippen molar-refractivity contribution in [2.75, 3.05) is 5.75 Å². The fourth-order valence-electron chi connectivity index (χ4n) is 3.13. The van der Waals surface area contributed by atoms with Gasteiger partial charge in [0, 0.05) is 17.4 Å². The van der Waals surface area contributed by atoms with Gasteiger partial charge in [0.25, 0.3) is 0 Å². The van der Waals surface area contributed by atoms with Crippen LogP contribution in [-0.2, 0) is 4.79 Å². The van der Waals surface area contributed by atoms with E-state index >= 15 is 0 Å². The summed E-state index contributed by atoms with van der Waals surface area (Å²) in [6.07, 6.45) is 2.03. The highest BCUT2D eigenvalue weighted by atomic mass is 32.2. The first-order chi connectivity index (χ1) is 15.3. The minimum Gasteiger partial charge on any atom is -0.294 e. The molecule has 0 radical (unpaired) electrons. The van der Waals surface area contributed by atoms with Crippen LogP contribution in [-0.4, -0.2) is 25.4 Å². The lowest BCUT2D eigenvalue weighted by Crippen LogP contribution is -1.99. The first kappa shape index (κ1) is 20.1. The topological polar surface area (TPSA) is 47.8 Å². The van der Waals surface area contributed by atoms with Gasteiger partial charge in [-0.3, -0.25) is 9.36 Å². The van der Waals surface area contributed by atoms with Crippen molar-refractivity contribution in [3.63, 3.8) is 0 Å². The third kappa shape index (κ3) is 4.58. The number of aromatic nitrogens is 3. The average molecular weight is 460 g/mol. The lowest BCUT2D eigenvalue weighted by Gasteiger charge is -2.06. The molecule has 5 aromatic rings. The molecule has 0 saturated carbocycles. The van der Waals surface area contributed by atoms with Crippen molar-refractivity contribution >= 4 is 50.2 Å². The molecule has 3 aromatic carbocycles. The maximum atomic E-state index is 12.7. The van der Waals surface area contributed by atoms with Crippen molar-refractivity contribution in [1.29, 1.82) is 0 Å². The molecule has 0 aliphatic carbocycles. The Labute approximate surface area is 192 Å². The number of hydrogen-bond acceptors (Lipinski definition) is 6.